The second-order valence-corrected chi connectivity index (χ2v) is 5.91. The van der Waals surface area contributed by atoms with Gasteiger partial charge in [-0.3, -0.25) is 0 Å². The zero-order valence-corrected chi connectivity index (χ0v) is 12.8. The molecule has 0 bridgehead atoms. The fourth-order valence-corrected chi connectivity index (χ4v) is 2.95. The van der Waals surface area contributed by atoms with E-state index in [4.69, 9.17) is 15.2 Å². The maximum atomic E-state index is 13.5. The molecule has 1 aliphatic rings. The van der Waals surface area contributed by atoms with Gasteiger partial charge in [0.1, 0.15) is 11.6 Å². The highest BCUT2D eigenvalue weighted by Gasteiger charge is 2.39. The van der Waals surface area contributed by atoms with Gasteiger partial charge in [0.05, 0.1) is 17.2 Å². The molecule has 1 aromatic rings. The van der Waals surface area contributed by atoms with Gasteiger partial charge in [-0.15, -0.1) is 0 Å². The largest absolute Gasteiger partial charge is 0.496 e. The third-order valence-electron chi connectivity index (χ3n) is 3.96. The Hall–Kier alpha value is -0.650. The second kappa shape index (κ2) is 5.77. The molecule has 2 N–H and O–H groups in total. The van der Waals surface area contributed by atoms with E-state index in [-0.39, 0.29) is 17.5 Å². The number of halogens is 2. The number of ether oxygens (including phenoxy) is 2. The normalized spacial score (nSPS) is 18.8. The lowest BCUT2D eigenvalue weighted by Gasteiger charge is -2.42. The summed E-state index contributed by atoms with van der Waals surface area (Å²) < 4.78 is 24.7. The molecular formula is C14H19BrFNO2. The van der Waals surface area contributed by atoms with Gasteiger partial charge >= 0.3 is 0 Å². The smallest absolute Gasteiger partial charge is 0.141 e. The third kappa shape index (κ3) is 2.93. The van der Waals surface area contributed by atoms with Crippen molar-refractivity contribution in [3.63, 3.8) is 0 Å². The first-order valence-corrected chi connectivity index (χ1v) is 7.14. The van der Waals surface area contributed by atoms with Gasteiger partial charge in [0.2, 0.25) is 0 Å². The number of nitrogens with two attached hydrogens (primary N) is 1. The Morgan fingerprint density at radius 1 is 1.42 bits per heavy atom. The molecule has 2 rings (SSSR count). The molecule has 1 atom stereocenters. The van der Waals surface area contributed by atoms with Crippen LogP contribution in [0.2, 0.25) is 0 Å². The molecule has 0 spiro atoms. The lowest BCUT2D eigenvalue weighted by atomic mass is 9.75. The van der Waals surface area contributed by atoms with Crippen molar-refractivity contribution < 1.29 is 13.9 Å². The summed E-state index contributed by atoms with van der Waals surface area (Å²) in [6.45, 7) is 0. The van der Waals surface area contributed by atoms with E-state index >= 15 is 0 Å². The van der Waals surface area contributed by atoms with E-state index < -0.39 is 0 Å². The highest BCUT2D eigenvalue weighted by Crippen LogP contribution is 2.43. The SMILES string of the molecule is COc1cc(F)c(Br)cc1C(N)CC1(OC)CCC1. The number of hydrogen-bond acceptors (Lipinski definition) is 3. The average molecular weight is 332 g/mol. The van der Waals surface area contributed by atoms with Crippen LogP contribution in [0.3, 0.4) is 0 Å². The number of benzene rings is 1. The zero-order valence-electron chi connectivity index (χ0n) is 11.2. The fourth-order valence-electron chi connectivity index (χ4n) is 2.58. The second-order valence-electron chi connectivity index (χ2n) is 5.06. The molecule has 1 aromatic carbocycles. The van der Waals surface area contributed by atoms with E-state index in [9.17, 15) is 4.39 Å². The predicted octanol–water partition coefficient (Wildman–Crippen LogP) is 3.56. The molecule has 106 valence electrons. The van der Waals surface area contributed by atoms with Crippen molar-refractivity contribution in [2.45, 2.75) is 37.3 Å². The van der Waals surface area contributed by atoms with Crippen LogP contribution in [-0.4, -0.2) is 19.8 Å². The van der Waals surface area contributed by atoms with Crippen LogP contribution in [0.5, 0.6) is 5.75 Å². The Balaban J connectivity index is 2.23. The van der Waals surface area contributed by atoms with E-state index in [0.29, 0.717) is 10.2 Å². The minimum absolute atomic E-state index is 0.120. The zero-order chi connectivity index (χ0) is 14.0. The maximum absolute atomic E-state index is 13.5. The summed E-state index contributed by atoms with van der Waals surface area (Å²) >= 11 is 3.19. The Morgan fingerprint density at radius 2 is 2.11 bits per heavy atom. The van der Waals surface area contributed by atoms with Crippen molar-refractivity contribution in [2.24, 2.45) is 5.73 Å². The van der Waals surface area contributed by atoms with Crippen molar-refractivity contribution in [2.75, 3.05) is 14.2 Å². The summed E-state index contributed by atoms with van der Waals surface area (Å²) in [5.41, 5.74) is 6.94. The maximum Gasteiger partial charge on any atom is 0.141 e. The first-order valence-electron chi connectivity index (χ1n) is 6.35. The molecule has 1 fully saturated rings. The van der Waals surface area contributed by atoms with Crippen LogP contribution < -0.4 is 10.5 Å². The highest BCUT2D eigenvalue weighted by molar-refractivity contribution is 9.10. The van der Waals surface area contributed by atoms with Crippen molar-refractivity contribution in [1.82, 2.24) is 0 Å². The van der Waals surface area contributed by atoms with Crippen molar-refractivity contribution in [1.29, 1.82) is 0 Å². The van der Waals surface area contributed by atoms with Gasteiger partial charge in [-0.25, -0.2) is 4.39 Å². The Labute approximate surface area is 121 Å². The first kappa shape index (κ1) is 14.8. The number of hydrogen-bond donors (Lipinski definition) is 1. The molecule has 0 radical (unpaired) electrons. The minimum Gasteiger partial charge on any atom is -0.496 e. The van der Waals surface area contributed by atoms with Crippen LogP contribution in [0.1, 0.15) is 37.3 Å². The molecule has 1 saturated carbocycles. The quantitative estimate of drug-likeness (QED) is 0.897. The van der Waals surface area contributed by atoms with E-state index in [1.807, 2.05) is 0 Å². The lowest BCUT2D eigenvalue weighted by molar-refractivity contribution is -0.0817. The van der Waals surface area contributed by atoms with Crippen LogP contribution in [0.25, 0.3) is 0 Å². The molecular weight excluding hydrogens is 313 g/mol. The summed E-state index contributed by atoms with van der Waals surface area (Å²) in [5, 5.41) is 0. The van der Waals surface area contributed by atoms with Crippen LogP contribution in [-0.2, 0) is 4.74 Å². The third-order valence-corrected chi connectivity index (χ3v) is 4.57. The number of rotatable bonds is 5. The molecule has 0 amide bonds. The van der Waals surface area contributed by atoms with Gasteiger partial charge in [0, 0.05) is 24.8 Å². The molecule has 1 aliphatic carbocycles. The van der Waals surface area contributed by atoms with Crippen molar-refractivity contribution in [3.05, 3.63) is 28.0 Å². The first-order chi connectivity index (χ1) is 9.01. The van der Waals surface area contributed by atoms with Crippen molar-refractivity contribution in [3.8, 4) is 5.75 Å². The van der Waals surface area contributed by atoms with Crippen LogP contribution in [0.15, 0.2) is 16.6 Å². The molecule has 0 aromatic heterocycles. The Morgan fingerprint density at radius 3 is 2.58 bits per heavy atom. The average Bonchev–Trinajstić information content (AvgIpc) is 2.36. The molecule has 1 unspecified atom stereocenters. The van der Waals surface area contributed by atoms with Crippen LogP contribution in [0, 0.1) is 5.82 Å². The Bertz CT molecular complexity index is 457. The molecule has 0 aliphatic heterocycles. The molecule has 0 saturated heterocycles. The molecule has 19 heavy (non-hydrogen) atoms. The van der Waals surface area contributed by atoms with Gasteiger partial charge in [0.25, 0.3) is 0 Å². The minimum atomic E-state index is -0.349. The van der Waals surface area contributed by atoms with E-state index in [1.54, 1.807) is 13.2 Å². The monoisotopic (exact) mass is 331 g/mol. The molecule has 5 heteroatoms. The topological polar surface area (TPSA) is 44.5 Å². The summed E-state index contributed by atoms with van der Waals surface area (Å²) in [7, 11) is 3.25. The van der Waals surface area contributed by atoms with E-state index in [2.05, 4.69) is 15.9 Å². The summed E-state index contributed by atoms with van der Waals surface area (Å²) in [6, 6.07) is 2.83. The summed E-state index contributed by atoms with van der Waals surface area (Å²) in [5.74, 6) is 0.136. The molecule has 3 nitrogen and oxygen atoms in total. The fraction of sp³-hybridized carbons (Fsp3) is 0.571. The van der Waals surface area contributed by atoms with Gasteiger partial charge in [-0.05, 0) is 47.7 Å². The standard InChI is InChI=1S/C14H19BrFNO2/c1-18-13-7-11(16)10(15)6-9(13)12(17)8-14(19-2)4-3-5-14/h6-7,12H,3-5,8,17H2,1-2H3. The van der Waals surface area contributed by atoms with Gasteiger partial charge in [-0.1, -0.05) is 0 Å². The van der Waals surface area contributed by atoms with Gasteiger partial charge < -0.3 is 15.2 Å². The number of methoxy groups -OCH3 is 2. The Kier molecular flexibility index (Phi) is 4.48. The highest BCUT2D eigenvalue weighted by atomic mass is 79.9. The van der Waals surface area contributed by atoms with Gasteiger partial charge in [0.15, 0.2) is 0 Å². The molecule has 0 heterocycles. The lowest BCUT2D eigenvalue weighted by Crippen LogP contribution is -2.41. The predicted molar refractivity (Wildman–Crippen MR) is 75.8 cm³/mol. The van der Waals surface area contributed by atoms with E-state index in [0.717, 1.165) is 24.8 Å². The van der Waals surface area contributed by atoms with Crippen LogP contribution >= 0.6 is 15.9 Å². The van der Waals surface area contributed by atoms with Crippen molar-refractivity contribution >= 4 is 15.9 Å². The summed E-state index contributed by atoms with van der Waals surface area (Å²) in [6.07, 6.45) is 3.95. The van der Waals surface area contributed by atoms with E-state index in [1.165, 1.54) is 19.6 Å². The van der Waals surface area contributed by atoms with Crippen LogP contribution in [0.4, 0.5) is 4.39 Å². The van der Waals surface area contributed by atoms with Gasteiger partial charge in [-0.2, -0.15) is 0 Å². The summed E-state index contributed by atoms with van der Waals surface area (Å²) in [4.78, 5) is 0.